The molecule has 0 bridgehead atoms. The molecule has 1 N–H and O–H groups in total. The fourth-order valence-electron chi connectivity index (χ4n) is 0.565. The van der Waals surface area contributed by atoms with Gasteiger partial charge in [-0.25, -0.2) is 4.79 Å². The Hall–Kier alpha value is -1.59. The van der Waals surface area contributed by atoms with Crippen LogP contribution in [0.4, 0.5) is 5.82 Å². The molecule has 0 radical (unpaired) electrons. The average Bonchev–Trinajstić information content (AvgIpc) is 2.13. The fourth-order valence-corrected chi connectivity index (χ4v) is 0.565. The maximum atomic E-state index is 10.5. The van der Waals surface area contributed by atoms with E-state index in [0.29, 0.717) is 0 Å². The SMILES string of the molecule is Cn1cc([N+](=O)[O-])[nH]c1=O. The van der Waals surface area contributed by atoms with E-state index in [-0.39, 0.29) is 5.82 Å². The summed E-state index contributed by atoms with van der Waals surface area (Å²) in [6, 6.07) is 0. The lowest BCUT2D eigenvalue weighted by atomic mass is 10.8. The molecule has 0 aliphatic heterocycles. The number of imidazole rings is 1. The van der Waals surface area contributed by atoms with Crippen LogP contribution in [0.25, 0.3) is 0 Å². The summed E-state index contributed by atoms with van der Waals surface area (Å²) in [6.45, 7) is 0. The molecular weight excluding hydrogens is 138 g/mol. The third kappa shape index (κ3) is 0.903. The maximum absolute atomic E-state index is 10.5. The standard InChI is InChI=1S/C4H5N3O3/c1-6-2-3(7(9)10)5-4(6)8/h2H,1H3,(H,5,8). The number of nitrogens with one attached hydrogen (secondary N) is 1. The van der Waals surface area contributed by atoms with Crippen molar-refractivity contribution in [3.8, 4) is 0 Å². The van der Waals surface area contributed by atoms with Crippen LogP contribution in [0, 0.1) is 10.1 Å². The zero-order valence-corrected chi connectivity index (χ0v) is 5.20. The highest BCUT2D eigenvalue weighted by molar-refractivity contribution is 5.11. The third-order valence-corrected chi connectivity index (χ3v) is 1.07. The van der Waals surface area contributed by atoms with Gasteiger partial charge in [-0.2, -0.15) is 4.98 Å². The highest BCUT2D eigenvalue weighted by atomic mass is 16.6. The van der Waals surface area contributed by atoms with Gasteiger partial charge in [0, 0.05) is 7.05 Å². The lowest BCUT2D eigenvalue weighted by Gasteiger charge is -1.84. The van der Waals surface area contributed by atoms with Crippen LogP contribution >= 0.6 is 0 Å². The summed E-state index contributed by atoms with van der Waals surface area (Å²) in [4.78, 5) is 21.9. The molecule has 54 valence electrons. The molecule has 6 nitrogen and oxygen atoms in total. The first-order chi connectivity index (χ1) is 4.61. The van der Waals surface area contributed by atoms with Crippen molar-refractivity contribution in [1.82, 2.24) is 9.55 Å². The van der Waals surface area contributed by atoms with Crippen LogP contribution in [-0.2, 0) is 7.05 Å². The van der Waals surface area contributed by atoms with Gasteiger partial charge in [0.25, 0.3) is 0 Å². The number of rotatable bonds is 1. The normalized spacial score (nSPS) is 9.70. The molecule has 0 aliphatic rings. The van der Waals surface area contributed by atoms with Crippen molar-refractivity contribution in [1.29, 1.82) is 0 Å². The first-order valence-electron chi connectivity index (χ1n) is 2.51. The van der Waals surface area contributed by atoms with Gasteiger partial charge in [0.1, 0.15) is 6.20 Å². The van der Waals surface area contributed by atoms with Gasteiger partial charge in [-0.15, -0.1) is 0 Å². The maximum Gasteiger partial charge on any atom is 0.413 e. The van der Waals surface area contributed by atoms with Crippen molar-refractivity contribution < 1.29 is 4.92 Å². The molecule has 0 unspecified atom stereocenters. The third-order valence-electron chi connectivity index (χ3n) is 1.07. The summed E-state index contributed by atoms with van der Waals surface area (Å²) < 4.78 is 1.11. The molecule has 0 spiro atoms. The molecule has 1 heterocycles. The Balaban J connectivity index is 3.23. The summed E-state index contributed by atoms with van der Waals surface area (Å²) in [5.41, 5.74) is -0.480. The van der Waals surface area contributed by atoms with E-state index in [9.17, 15) is 14.9 Å². The highest BCUT2D eigenvalue weighted by Crippen LogP contribution is 1.99. The highest BCUT2D eigenvalue weighted by Gasteiger charge is 2.07. The van der Waals surface area contributed by atoms with Gasteiger partial charge < -0.3 is 10.1 Å². The van der Waals surface area contributed by atoms with Crippen molar-refractivity contribution in [2.24, 2.45) is 7.05 Å². The smallest absolute Gasteiger partial charge is 0.358 e. The van der Waals surface area contributed by atoms with Gasteiger partial charge in [0.05, 0.1) is 0 Å². The molecule has 0 saturated carbocycles. The topological polar surface area (TPSA) is 80.9 Å². The van der Waals surface area contributed by atoms with Crippen LogP contribution in [0.15, 0.2) is 11.0 Å². The number of hydrogen-bond donors (Lipinski definition) is 1. The quantitative estimate of drug-likeness (QED) is 0.429. The van der Waals surface area contributed by atoms with E-state index in [1.807, 2.05) is 0 Å². The first kappa shape index (κ1) is 6.53. The number of nitro groups is 1. The minimum Gasteiger partial charge on any atom is -0.358 e. The molecule has 0 atom stereocenters. The van der Waals surface area contributed by atoms with E-state index < -0.39 is 10.6 Å². The predicted octanol–water partition coefficient (Wildman–Crippen LogP) is -0.378. The Bertz CT molecular complexity index is 310. The monoisotopic (exact) mass is 143 g/mol. The van der Waals surface area contributed by atoms with Gasteiger partial charge in [-0.1, -0.05) is 0 Å². The summed E-state index contributed by atoms with van der Waals surface area (Å²) in [5.74, 6) is -0.285. The lowest BCUT2D eigenvalue weighted by molar-refractivity contribution is -0.389. The van der Waals surface area contributed by atoms with Crippen molar-refractivity contribution in [2.75, 3.05) is 0 Å². The molecule has 0 aliphatic carbocycles. The van der Waals surface area contributed by atoms with Crippen LogP contribution in [0.1, 0.15) is 0 Å². The number of H-pyrrole nitrogens is 1. The van der Waals surface area contributed by atoms with Crippen LogP contribution in [0.3, 0.4) is 0 Å². The van der Waals surface area contributed by atoms with E-state index >= 15 is 0 Å². The van der Waals surface area contributed by atoms with Crippen LogP contribution in [-0.4, -0.2) is 14.5 Å². The summed E-state index contributed by atoms with van der Waals surface area (Å²) in [5, 5.41) is 9.99. The number of hydrogen-bond acceptors (Lipinski definition) is 3. The van der Waals surface area contributed by atoms with Crippen molar-refractivity contribution in [3.05, 3.63) is 26.8 Å². The van der Waals surface area contributed by atoms with Crippen LogP contribution < -0.4 is 5.69 Å². The largest absolute Gasteiger partial charge is 0.413 e. The molecule has 0 saturated heterocycles. The van der Waals surface area contributed by atoms with Crippen molar-refractivity contribution >= 4 is 5.82 Å². The second-order valence-electron chi connectivity index (χ2n) is 1.81. The second-order valence-corrected chi connectivity index (χ2v) is 1.81. The number of aromatic amines is 1. The molecular formula is C4H5N3O3. The van der Waals surface area contributed by atoms with Gasteiger partial charge in [0.2, 0.25) is 0 Å². The molecule has 0 amide bonds. The Morgan fingerprint density at radius 2 is 2.40 bits per heavy atom. The van der Waals surface area contributed by atoms with Gasteiger partial charge >= 0.3 is 11.5 Å². The minimum atomic E-state index is -0.651. The molecule has 6 heteroatoms. The fraction of sp³-hybridized carbons (Fsp3) is 0.250. The van der Waals surface area contributed by atoms with Crippen molar-refractivity contribution in [3.63, 3.8) is 0 Å². The van der Waals surface area contributed by atoms with Crippen LogP contribution in [0.2, 0.25) is 0 Å². The Kier molecular flexibility index (Phi) is 1.29. The van der Waals surface area contributed by atoms with Gasteiger partial charge in [0.15, 0.2) is 0 Å². The Morgan fingerprint density at radius 1 is 1.80 bits per heavy atom. The molecule has 0 fully saturated rings. The summed E-state index contributed by atoms with van der Waals surface area (Å²) in [7, 11) is 1.44. The number of nitrogens with zero attached hydrogens (tertiary/aromatic N) is 2. The van der Waals surface area contributed by atoms with Crippen molar-refractivity contribution in [2.45, 2.75) is 0 Å². The summed E-state index contributed by atoms with van der Waals surface area (Å²) >= 11 is 0. The van der Waals surface area contributed by atoms with E-state index in [1.165, 1.54) is 7.05 Å². The average molecular weight is 143 g/mol. The Labute approximate surface area is 55.2 Å². The van der Waals surface area contributed by atoms with E-state index in [2.05, 4.69) is 4.98 Å². The first-order valence-corrected chi connectivity index (χ1v) is 2.51. The number of aryl methyl sites for hydroxylation is 1. The zero-order valence-electron chi connectivity index (χ0n) is 5.20. The zero-order chi connectivity index (χ0) is 7.72. The van der Waals surface area contributed by atoms with E-state index in [1.54, 1.807) is 0 Å². The Morgan fingerprint density at radius 3 is 2.60 bits per heavy atom. The van der Waals surface area contributed by atoms with Gasteiger partial charge in [-0.3, -0.25) is 4.57 Å². The summed E-state index contributed by atoms with van der Waals surface area (Å²) in [6.07, 6.45) is 1.13. The predicted molar refractivity (Wildman–Crippen MR) is 32.7 cm³/mol. The lowest BCUT2D eigenvalue weighted by Crippen LogP contribution is -2.11. The minimum absolute atomic E-state index is 0.285. The second kappa shape index (κ2) is 1.98. The van der Waals surface area contributed by atoms with E-state index in [0.717, 1.165) is 10.8 Å². The van der Waals surface area contributed by atoms with Gasteiger partial charge in [-0.05, 0) is 4.92 Å². The molecule has 1 aromatic rings. The number of aromatic nitrogens is 2. The molecule has 0 aromatic carbocycles. The molecule has 1 aromatic heterocycles. The molecule has 1 rings (SSSR count). The molecule has 10 heavy (non-hydrogen) atoms. The van der Waals surface area contributed by atoms with Crippen LogP contribution in [0.5, 0.6) is 0 Å². The van der Waals surface area contributed by atoms with E-state index in [4.69, 9.17) is 0 Å².